The topological polar surface area (TPSA) is 0 Å². The van der Waals surface area contributed by atoms with E-state index in [1.165, 1.54) is 12.8 Å². The Morgan fingerprint density at radius 2 is 2.10 bits per heavy atom. The maximum Gasteiger partial charge on any atom is 1.00 e. The van der Waals surface area contributed by atoms with Crippen LogP contribution < -0.4 is 18.9 Å². The molecule has 0 aromatic carbocycles. The minimum atomic E-state index is -0.156. The molecule has 0 nitrogen and oxygen atoms in total. The maximum absolute atomic E-state index is 6.66. The SMILES string of the molecule is [C-]#C[C@H](Cl)CCCCC.[Li+]. The van der Waals surface area contributed by atoms with Gasteiger partial charge in [-0.15, -0.1) is 11.6 Å². The molecule has 0 aromatic heterocycles. The van der Waals surface area contributed by atoms with Crippen molar-refractivity contribution in [3.63, 3.8) is 0 Å². The van der Waals surface area contributed by atoms with Gasteiger partial charge < -0.3 is 12.3 Å². The van der Waals surface area contributed by atoms with Crippen LogP contribution in [0.25, 0.3) is 0 Å². The summed E-state index contributed by atoms with van der Waals surface area (Å²) in [5.74, 6) is 2.24. The van der Waals surface area contributed by atoms with Gasteiger partial charge in [-0.25, -0.2) is 0 Å². The van der Waals surface area contributed by atoms with E-state index in [0.717, 1.165) is 12.8 Å². The van der Waals surface area contributed by atoms with Crippen molar-refractivity contribution >= 4 is 11.6 Å². The van der Waals surface area contributed by atoms with Crippen LogP contribution in [0.15, 0.2) is 0 Å². The Balaban J connectivity index is 0. The van der Waals surface area contributed by atoms with Crippen LogP contribution in [0.1, 0.15) is 32.6 Å². The van der Waals surface area contributed by atoms with Crippen LogP contribution in [0, 0.1) is 12.3 Å². The normalized spacial score (nSPS) is 11.3. The number of hydrogen-bond donors (Lipinski definition) is 0. The smallest absolute Gasteiger partial charge is 0.692 e. The summed E-state index contributed by atoms with van der Waals surface area (Å²) in [6.07, 6.45) is 11.1. The number of rotatable bonds is 4. The number of unbranched alkanes of at least 4 members (excludes halogenated alkanes) is 2. The summed E-state index contributed by atoms with van der Waals surface area (Å²) in [6, 6.07) is 0. The zero-order valence-electron chi connectivity index (χ0n) is 6.78. The van der Waals surface area contributed by atoms with Crippen molar-refractivity contribution in [3.05, 3.63) is 6.42 Å². The van der Waals surface area contributed by atoms with Crippen LogP contribution in [-0.2, 0) is 0 Å². The quantitative estimate of drug-likeness (QED) is 0.171. The van der Waals surface area contributed by atoms with Gasteiger partial charge in [0.25, 0.3) is 0 Å². The Morgan fingerprint density at radius 1 is 1.50 bits per heavy atom. The van der Waals surface area contributed by atoms with E-state index in [4.69, 9.17) is 18.0 Å². The van der Waals surface area contributed by atoms with E-state index < -0.39 is 0 Å². The molecule has 0 heterocycles. The molecule has 2 heteroatoms. The summed E-state index contributed by atoms with van der Waals surface area (Å²) in [5, 5.41) is -0.156. The monoisotopic (exact) mass is 150 g/mol. The van der Waals surface area contributed by atoms with E-state index in [2.05, 4.69) is 12.8 Å². The van der Waals surface area contributed by atoms with Gasteiger partial charge in [0.1, 0.15) is 0 Å². The fourth-order valence-corrected chi connectivity index (χ4v) is 0.800. The van der Waals surface area contributed by atoms with Crippen molar-refractivity contribution in [1.82, 2.24) is 0 Å². The third-order valence-electron chi connectivity index (χ3n) is 1.22. The summed E-state index contributed by atoms with van der Waals surface area (Å²) in [7, 11) is 0. The molecule has 0 fully saturated rings. The van der Waals surface area contributed by atoms with Crippen LogP contribution in [0.3, 0.4) is 0 Å². The van der Waals surface area contributed by atoms with E-state index in [0.29, 0.717) is 0 Å². The van der Waals surface area contributed by atoms with Gasteiger partial charge in [-0.05, 0) is 6.42 Å². The molecule has 0 radical (unpaired) electrons. The first-order valence-corrected chi connectivity index (χ1v) is 3.81. The van der Waals surface area contributed by atoms with Crippen molar-refractivity contribution in [2.24, 2.45) is 0 Å². The molecular weight excluding hydrogens is 138 g/mol. The number of halogens is 1. The molecule has 0 rings (SSSR count). The minimum absolute atomic E-state index is 0. The first-order valence-electron chi connectivity index (χ1n) is 3.37. The zero-order chi connectivity index (χ0) is 7.11. The van der Waals surface area contributed by atoms with Crippen molar-refractivity contribution < 1.29 is 18.9 Å². The molecule has 0 aromatic rings. The Hall–Kier alpha value is 0.447. The second kappa shape index (κ2) is 9.45. The third kappa shape index (κ3) is 8.45. The first-order chi connectivity index (χ1) is 4.31. The molecule has 0 amide bonds. The molecule has 0 saturated heterocycles. The van der Waals surface area contributed by atoms with Gasteiger partial charge in [0.05, 0.1) is 5.38 Å². The predicted molar refractivity (Wildman–Crippen MR) is 40.9 cm³/mol. The van der Waals surface area contributed by atoms with Crippen molar-refractivity contribution in [1.29, 1.82) is 0 Å². The van der Waals surface area contributed by atoms with Gasteiger partial charge in [0.15, 0.2) is 0 Å². The van der Waals surface area contributed by atoms with Gasteiger partial charge in [-0.1, -0.05) is 26.2 Å². The molecule has 10 heavy (non-hydrogen) atoms. The molecular formula is C8H12ClLi. The average Bonchev–Trinajstić information content (AvgIpc) is 1.89. The largest absolute Gasteiger partial charge is 1.00 e. The molecule has 1 atom stereocenters. The Bertz CT molecular complexity index is 95.9. The fraction of sp³-hybridized carbons (Fsp3) is 0.750. The van der Waals surface area contributed by atoms with Crippen LogP contribution in [-0.4, -0.2) is 5.38 Å². The van der Waals surface area contributed by atoms with Crippen LogP contribution >= 0.6 is 11.6 Å². The first kappa shape index (κ1) is 13.1. The molecule has 0 saturated carbocycles. The van der Waals surface area contributed by atoms with Crippen LogP contribution in [0.5, 0.6) is 0 Å². The molecule has 0 aliphatic heterocycles. The summed E-state index contributed by atoms with van der Waals surface area (Å²) >= 11 is 5.60. The fourth-order valence-electron chi connectivity index (χ4n) is 0.646. The summed E-state index contributed by atoms with van der Waals surface area (Å²) in [6.45, 7) is 2.15. The van der Waals surface area contributed by atoms with E-state index in [1.807, 2.05) is 0 Å². The van der Waals surface area contributed by atoms with E-state index in [1.54, 1.807) is 0 Å². The Kier molecular flexibility index (Phi) is 12.3. The standard InChI is InChI=1S/C8H12Cl.Li/c1-3-5-6-7-8(9)4-2;/h8H,3,5-7H2,1H3;/q-1;+1/t8-;/m0./s1. The van der Waals surface area contributed by atoms with E-state index in [9.17, 15) is 0 Å². The summed E-state index contributed by atoms with van der Waals surface area (Å²) in [4.78, 5) is 0. The second-order valence-electron chi connectivity index (χ2n) is 2.11. The Morgan fingerprint density at radius 3 is 2.50 bits per heavy atom. The summed E-state index contributed by atoms with van der Waals surface area (Å²) < 4.78 is 0. The molecule has 0 N–H and O–H groups in total. The number of alkyl halides is 1. The second-order valence-corrected chi connectivity index (χ2v) is 2.63. The average molecular weight is 151 g/mol. The van der Waals surface area contributed by atoms with Crippen LogP contribution in [0.4, 0.5) is 0 Å². The number of hydrogen-bond acceptors (Lipinski definition) is 0. The molecule has 0 aliphatic rings. The van der Waals surface area contributed by atoms with Gasteiger partial charge in [-0.2, -0.15) is 0 Å². The van der Waals surface area contributed by atoms with Gasteiger partial charge in [0.2, 0.25) is 0 Å². The zero-order valence-corrected chi connectivity index (χ0v) is 7.54. The molecule has 0 aliphatic carbocycles. The molecule has 0 spiro atoms. The molecule has 52 valence electrons. The van der Waals surface area contributed by atoms with Crippen molar-refractivity contribution in [2.75, 3.05) is 0 Å². The van der Waals surface area contributed by atoms with Gasteiger partial charge in [-0.3, -0.25) is 0 Å². The minimum Gasteiger partial charge on any atom is -0.692 e. The third-order valence-corrected chi connectivity index (χ3v) is 1.55. The molecule has 0 unspecified atom stereocenters. The van der Waals surface area contributed by atoms with Crippen molar-refractivity contribution in [3.8, 4) is 5.92 Å². The van der Waals surface area contributed by atoms with Gasteiger partial charge in [0, 0.05) is 0 Å². The Labute approximate surface area is 80.9 Å². The predicted octanol–water partition coefficient (Wildman–Crippen LogP) is -0.232. The van der Waals surface area contributed by atoms with Crippen molar-refractivity contribution in [2.45, 2.75) is 38.0 Å². The maximum atomic E-state index is 6.66. The van der Waals surface area contributed by atoms with Crippen LogP contribution in [0.2, 0.25) is 0 Å². The molecule has 0 bridgehead atoms. The van der Waals surface area contributed by atoms with E-state index in [-0.39, 0.29) is 24.2 Å². The van der Waals surface area contributed by atoms with E-state index >= 15 is 0 Å². The summed E-state index contributed by atoms with van der Waals surface area (Å²) in [5.41, 5.74) is 0. The van der Waals surface area contributed by atoms with Gasteiger partial charge >= 0.3 is 18.9 Å².